The first-order valence-corrected chi connectivity index (χ1v) is 7.33. The first-order valence-electron chi connectivity index (χ1n) is 6.13. The Morgan fingerprint density at radius 3 is 3.11 bits per heavy atom. The molecule has 0 saturated heterocycles. The molecule has 3 rings (SSSR count). The van der Waals surface area contributed by atoms with Crippen molar-refractivity contribution in [1.29, 1.82) is 0 Å². The predicted octanol–water partition coefficient (Wildman–Crippen LogP) is 3.85. The van der Waals surface area contributed by atoms with Gasteiger partial charge in [0.2, 0.25) is 5.13 Å². The lowest BCUT2D eigenvalue weighted by atomic mass is 10.1. The molecule has 2 aromatic rings. The Morgan fingerprint density at radius 1 is 1.44 bits per heavy atom. The molecule has 18 heavy (non-hydrogen) atoms. The summed E-state index contributed by atoms with van der Waals surface area (Å²) >= 11 is 7.65. The number of rotatable bonds is 3. The maximum atomic E-state index is 6.01. The monoisotopic (exact) mass is 279 g/mol. The van der Waals surface area contributed by atoms with Gasteiger partial charge in [-0.15, -0.1) is 10.2 Å². The molecule has 1 N–H and O–H groups in total. The van der Waals surface area contributed by atoms with Crippen molar-refractivity contribution < 1.29 is 0 Å². The highest BCUT2D eigenvalue weighted by atomic mass is 35.5. The Kier molecular flexibility index (Phi) is 3.22. The number of nitrogens with zero attached hydrogens (tertiary/aromatic N) is 2. The van der Waals surface area contributed by atoms with E-state index in [2.05, 4.69) is 34.6 Å². The third kappa shape index (κ3) is 2.22. The summed E-state index contributed by atoms with van der Waals surface area (Å²) in [5, 5.41) is 14.6. The van der Waals surface area contributed by atoms with E-state index < -0.39 is 0 Å². The topological polar surface area (TPSA) is 37.8 Å². The molecule has 0 spiro atoms. The summed E-state index contributed by atoms with van der Waals surface area (Å²) < 4.78 is 0. The van der Waals surface area contributed by atoms with Gasteiger partial charge in [0.15, 0.2) is 0 Å². The van der Waals surface area contributed by atoms with Crippen molar-refractivity contribution in [3.63, 3.8) is 0 Å². The molecule has 5 heteroatoms. The molecule has 1 aliphatic carbocycles. The van der Waals surface area contributed by atoms with E-state index in [4.69, 9.17) is 11.6 Å². The molecule has 0 aliphatic heterocycles. The minimum atomic E-state index is 0.343. The molecular formula is C13H14ClN3S. The number of nitrogens with one attached hydrogen (secondary N) is 1. The zero-order valence-electron chi connectivity index (χ0n) is 10.1. The third-order valence-corrected chi connectivity index (χ3v) is 4.48. The molecule has 1 aromatic heterocycles. The lowest BCUT2D eigenvalue weighted by Gasteiger charge is -2.12. The highest BCUT2D eigenvalue weighted by Crippen LogP contribution is 2.35. The molecule has 1 heterocycles. The molecule has 0 saturated carbocycles. The molecule has 0 fully saturated rings. The Bertz CT molecular complexity index is 567. The van der Waals surface area contributed by atoms with Crippen LogP contribution in [0.2, 0.25) is 5.02 Å². The zero-order valence-corrected chi connectivity index (χ0v) is 11.7. The standard InChI is InChI=1S/C13H14ClN3S/c1-2-12-16-17-13(18-12)15-11-6-3-8-7-9(14)4-5-10(8)11/h4-5,7,11H,2-3,6H2,1H3,(H,15,17). The largest absolute Gasteiger partial charge is 0.353 e. The van der Waals surface area contributed by atoms with Gasteiger partial charge in [-0.3, -0.25) is 0 Å². The van der Waals surface area contributed by atoms with Crippen molar-refractivity contribution >= 4 is 28.1 Å². The van der Waals surface area contributed by atoms with Gasteiger partial charge in [-0.05, 0) is 42.5 Å². The van der Waals surface area contributed by atoms with Gasteiger partial charge in [-0.25, -0.2) is 0 Å². The third-order valence-electron chi connectivity index (χ3n) is 3.25. The van der Waals surface area contributed by atoms with Gasteiger partial charge in [0.05, 0.1) is 6.04 Å². The second-order valence-electron chi connectivity index (χ2n) is 4.43. The highest BCUT2D eigenvalue weighted by Gasteiger charge is 2.23. The van der Waals surface area contributed by atoms with Crippen LogP contribution < -0.4 is 5.32 Å². The SMILES string of the molecule is CCc1nnc(NC2CCc3cc(Cl)ccc32)s1. The fourth-order valence-electron chi connectivity index (χ4n) is 2.34. The van der Waals surface area contributed by atoms with E-state index in [1.165, 1.54) is 11.1 Å². The summed E-state index contributed by atoms with van der Waals surface area (Å²) in [6.07, 6.45) is 3.11. The average molecular weight is 280 g/mol. The van der Waals surface area contributed by atoms with Gasteiger partial charge in [0, 0.05) is 5.02 Å². The molecule has 1 aliphatic rings. The first kappa shape index (κ1) is 11.9. The highest BCUT2D eigenvalue weighted by molar-refractivity contribution is 7.15. The number of anilines is 1. The van der Waals surface area contributed by atoms with E-state index in [1.54, 1.807) is 11.3 Å². The number of aryl methyl sites for hydroxylation is 2. The number of aromatic nitrogens is 2. The maximum absolute atomic E-state index is 6.01. The van der Waals surface area contributed by atoms with Crippen molar-refractivity contribution in [2.45, 2.75) is 32.2 Å². The second-order valence-corrected chi connectivity index (χ2v) is 5.93. The number of hydrogen-bond donors (Lipinski definition) is 1. The van der Waals surface area contributed by atoms with E-state index in [1.807, 2.05) is 6.07 Å². The Balaban J connectivity index is 1.80. The summed E-state index contributed by atoms with van der Waals surface area (Å²) in [7, 11) is 0. The molecular weight excluding hydrogens is 266 g/mol. The van der Waals surface area contributed by atoms with Gasteiger partial charge in [0.25, 0.3) is 0 Å². The van der Waals surface area contributed by atoms with Crippen LogP contribution in [0.1, 0.15) is 35.5 Å². The fourth-order valence-corrected chi connectivity index (χ4v) is 3.27. The summed E-state index contributed by atoms with van der Waals surface area (Å²) in [6.45, 7) is 2.09. The second kappa shape index (κ2) is 4.86. The van der Waals surface area contributed by atoms with Gasteiger partial charge in [-0.1, -0.05) is 35.9 Å². The summed E-state index contributed by atoms with van der Waals surface area (Å²) in [4.78, 5) is 0. The Morgan fingerprint density at radius 2 is 2.33 bits per heavy atom. The Labute approximate surface area is 115 Å². The van der Waals surface area contributed by atoms with E-state index in [9.17, 15) is 0 Å². The number of benzene rings is 1. The minimum absolute atomic E-state index is 0.343. The van der Waals surface area contributed by atoms with Crippen LogP contribution in [-0.4, -0.2) is 10.2 Å². The molecule has 0 radical (unpaired) electrons. The lowest BCUT2D eigenvalue weighted by molar-refractivity contribution is 0.758. The number of halogens is 1. The molecule has 3 nitrogen and oxygen atoms in total. The van der Waals surface area contributed by atoms with Crippen molar-refractivity contribution in [1.82, 2.24) is 10.2 Å². The summed E-state index contributed by atoms with van der Waals surface area (Å²) in [6, 6.07) is 6.48. The van der Waals surface area contributed by atoms with Crippen molar-refractivity contribution in [3.8, 4) is 0 Å². The van der Waals surface area contributed by atoms with Crippen LogP contribution >= 0.6 is 22.9 Å². The Hall–Kier alpha value is -1.13. The molecule has 1 atom stereocenters. The van der Waals surface area contributed by atoms with Crippen LogP contribution in [0.5, 0.6) is 0 Å². The molecule has 1 unspecified atom stereocenters. The van der Waals surface area contributed by atoms with E-state index in [0.29, 0.717) is 6.04 Å². The normalized spacial score (nSPS) is 17.8. The van der Waals surface area contributed by atoms with Crippen LogP contribution in [-0.2, 0) is 12.8 Å². The number of hydrogen-bond acceptors (Lipinski definition) is 4. The minimum Gasteiger partial charge on any atom is -0.353 e. The van der Waals surface area contributed by atoms with Crippen LogP contribution in [0.25, 0.3) is 0 Å². The van der Waals surface area contributed by atoms with Crippen molar-refractivity contribution in [2.24, 2.45) is 0 Å². The van der Waals surface area contributed by atoms with Gasteiger partial charge >= 0.3 is 0 Å². The summed E-state index contributed by atoms with van der Waals surface area (Å²) in [5.41, 5.74) is 2.69. The molecule has 1 aromatic carbocycles. The maximum Gasteiger partial charge on any atom is 0.206 e. The quantitative estimate of drug-likeness (QED) is 0.927. The van der Waals surface area contributed by atoms with Crippen LogP contribution in [0.4, 0.5) is 5.13 Å². The average Bonchev–Trinajstić information content (AvgIpc) is 2.97. The van der Waals surface area contributed by atoms with E-state index in [-0.39, 0.29) is 0 Å². The van der Waals surface area contributed by atoms with Crippen molar-refractivity contribution in [2.75, 3.05) is 5.32 Å². The predicted molar refractivity (Wildman–Crippen MR) is 75.4 cm³/mol. The fraction of sp³-hybridized carbons (Fsp3) is 0.385. The van der Waals surface area contributed by atoms with E-state index in [0.717, 1.165) is 34.4 Å². The molecule has 0 bridgehead atoms. The molecule has 94 valence electrons. The van der Waals surface area contributed by atoms with Gasteiger partial charge in [0.1, 0.15) is 5.01 Å². The lowest BCUT2D eigenvalue weighted by Crippen LogP contribution is -2.06. The van der Waals surface area contributed by atoms with Crippen LogP contribution in [0.3, 0.4) is 0 Å². The van der Waals surface area contributed by atoms with Gasteiger partial charge < -0.3 is 5.32 Å². The van der Waals surface area contributed by atoms with Crippen LogP contribution in [0.15, 0.2) is 18.2 Å². The van der Waals surface area contributed by atoms with E-state index >= 15 is 0 Å². The summed E-state index contributed by atoms with van der Waals surface area (Å²) in [5.74, 6) is 0. The van der Waals surface area contributed by atoms with Crippen LogP contribution in [0, 0.1) is 0 Å². The first-order chi connectivity index (χ1) is 8.76. The van der Waals surface area contributed by atoms with Crippen molar-refractivity contribution in [3.05, 3.63) is 39.4 Å². The molecule has 0 amide bonds. The van der Waals surface area contributed by atoms with Gasteiger partial charge in [-0.2, -0.15) is 0 Å². The zero-order chi connectivity index (χ0) is 12.5. The number of fused-ring (bicyclic) bond motifs is 1. The smallest absolute Gasteiger partial charge is 0.206 e.